The molecule has 2 N–H and O–H groups in total. The van der Waals surface area contributed by atoms with Gasteiger partial charge in [-0.2, -0.15) is 0 Å². The molecular weight excluding hydrogens is 236 g/mol. The number of rotatable bonds is 4. The van der Waals surface area contributed by atoms with E-state index in [0.717, 1.165) is 30.0 Å². The molecular formula is C12H16N2O2S. The smallest absolute Gasteiger partial charge is 0.244 e. The van der Waals surface area contributed by atoms with Crippen LogP contribution >= 0.6 is 11.3 Å². The zero-order chi connectivity index (χ0) is 12.3. The standard InChI is InChI=1S/C12H16N2O2S/c1-9-13-10(7-17-9)3-4-11(16)14-12(8-15)5-2-6-12/h3-4,7,15H,2,5-6,8H2,1H3,(H,14,16)/b4-3+. The van der Waals surface area contributed by atoms with Crippen molar-refractivity contribution in [3.63, 3.8) is 0 Å². The normalized spacial score (nSPS) is 18.0. The number of nitrogens with one attached hydrogen (secondary N) is 1. The minimum Gasteiger partial charge on any atom is -0.394 e. The lowest BCUT2D eigenvalue weighted by Crippen LogP contribution is -2.55. The molecule has 0 spiro atoms. The predicted molar refractivity (Wildman–Crippen MR) is 67.7 cm³/mol. The Morgan fingerprint density at radius 1 is 1.71 bits per heavy atom. The molecule has 0 atom stereocenters. The maximum atomic E-state index is 11.7. The van der Waals surface area contributed by atoms with Crippen LogP contribution in [0.4, 0.5) is 0 Å². The van der Waals surface area contributed by atoms with Gasteiger partial charge in [-0.05, 0) is 32.3 Å². The Morgan fingerprint density at radius 3 is 2.94 bits per heavy atom. The number of aryl methyl sites for hydroxylation is 1. The van der Waals surface area contributed by atoms with Gasteiger partial charge in [-0.1, -0.05) is 0 Å². The Hall–Kier alpha value is -1.20. The second kappa shape index (κ2) is 4.98. The van der Waals surface area contributed by atoms with Crippen molar-refractivity contribution in [2.45, 2.75) is 31.7 Å². The highest BCUT2D eigenvalue weighted by Crippen LogP contribution is 2.31. The minimum atomic E-state index is -0.376. The van der Waals surface area contributed by atoms with E-state index in [9.17, 15) is 9.90 Å². The molecule has 1 saturated carbocycles. The Bertz CT molecular complexity index is 430. The number of amides is 1. The fourth-order valence-corrected chi connectivity index (χ4v) is 2.43. The van der Waals surface area contributed by atoms with Gasteiger partial charge in [0.25, 0.3) is 0 Å². The van der Waals surface area contributed by atoms with E-state index in [0.29, 0.717) is 0 Å². The van der Waals surface area contributed by atoms with Crippen molar-refractivity contribution >= 4 is 23.3 Å². The molecule has 5 heteroatoms. The third-order valence-corrected chi connectivity index (χ3v) is 3.84. The monoisotopic (exact) mass is 252 g/mol. The van der Waals surface area contributed by atoms with Crippen LogP contribution in [-0.4, -0.2) is 28.1 Å². The van der Waals surface area contributed by atoms with Gasteiger partial charge in [0.05, 0.1) is 22.8 Å². The van der Waals surface area contributed by atoms with E-state index in [-0.39, 0.29) is 18.1 Å². The van der Waals surface area contributed by atoms with Gasteiger partial charge in [-0.3, -0.25) is 4.79 Å². The number of thiazole rings is 1. The van der Waals surface area contributed by atoms with Crippen molar-refractivity contribution in [3.8, 4) is 0 Å². The summed E-state index contributed by atoms with van der Waals surface area (Å²) in [6.07, 6.45) is 5.96. The molecule has 92 valence electrons. The molecule has 2 rings (SSSR count). The van der Waals surface area contributed by atoms with Gasteiger partial charge in [0.1, 0.15) is 0 Å². The summed E-state index contributed by atoms with van der Waals surface area (Å²) in [5.74, 6) is -0.163. The van der Waals surface area contributed by atoms with Crippen LogP contribution in [0.3, 0.4) is 0 Å². The Kier molecular flexibility index (Phi) is 3.59. The summed E-state index contributed by atoms with van der Waals surface area (Å²) in [6, 6.07) is 0. The number of aliphatic hydroxyl groups excluding tert-OH is 1. The number of hydrogen-bond donors (Lipinski definition) is 2. The summed E-state index contributed by atoms with van der Waals surface area (Å²) in [7, 11) is 0. The molecule has 0 radical (unpaired) electrons. The average molecular weight is 252 g/mol. The largest absolute Gasteiger partial charge is 0.394 e. The first-order valence-corrected chi connectivity index (χ1v) is 6.55. The zero-order valence-corrected chi connectivity index (χ0v) is 10.6. The van der Waals surface area contributed by atoms with Crippen molar-refractivity contribution in [3.05, 3.63) is 22.2 Å². The summed E-state index contributed by atoms with van der Waals surface area (Å²) in [6.45, 7) is 1.94. The molecule has 1 heterocycles. The highest BCUT2D eigenvalue weighted by Gasteiger charge is 2.37. The maximum absolute atomic E-state index is 11.7. The molecule has 0 unspecified atom stereocenters. The molecule has 0 aromatic carbocycles. The van der Waals surface area contributed by atoms with Crippen molar-refractivity contribution in [2.75, 3.05) is 6.61 Å². The summed E-state index contributed by atoms with van der Waals surface area (Å²) in [5.41, 5.74) is 0.425. The maximum Gasteiger partial charge on any atom is 0.244 e. The lowest BCUT2D eigenvalue weighted by atomic mass is 9.77. The molecule has 0 aliphatic heterocycles. The van der Waals surface area contributed by atoms with Crippen LogP contribution in [0, 0.1) is 6.92 Å². The van der Waals surface area contributed by atoms with Crippen molar-refractivity contribution in [1.29, 1.82) is 0 Å². The van der Waals surface area contributed by atoms with E-state index in [1.807, 2.05) is 12.3 Å². The first-order chi connectivity index (χ1) is 8.13. The van der Waals surface area contributed by atoms with Crippen LogP contribution in [0.15, 0.2) is 11.5 Å². The predicted octanol–water partition coefficient (Wildman–Crippen LogP) is 1.50. The van der Waals surface area contributed by atoms with Crippen LogP contribution in [0.1, 0.15) is 30.0 Å². The fraction of sp³-hybridized carbons (Fsp3) is 0.500. The molecule has 0 saturated heterocycles. The average Bonchev–Trinajstić information content (AvgIpc) is 2.67. The quantitative estimate of drug-likeness (QED) is 0.798. The Balaban J connectivity index is 1.91. The van der Waals surface area contributed by atoms with Crippen LogP contribution in [-0.2, 0) is 4.79 Å². The molecule has 1 aliphatic carbocycles. The van der Waals surface area contributed by atoms with E-state index in [2.05, 4.69) is 10.3 Å². The number of carbonyl (C=O) groups excluding carboxylic acids is 1. The number of aliphatic hydroxyl groups is 1. The number of hydrogen-bond acceptors (Lipinski definition) is 4. The zero-order valence-electron chi connectivity index (χ0n) is 9.77. The highest BCUT2D eigenvalue weighted by molar-refractivity contribution is 7.09. The summed E-state index contributed by atoms with van der Waals surface area (Å²) < 4.78 is 0. The van der Waals surface area contributed by atoms with E-state index in [1.165, 1.54) is 6.08 Å². The second-order valence-electron chi connectivity index (χ2n) is 4.41. The van der Waals surface area contributed by atoms with Crippen molar-refractivity contribution < 1.29 is 9.90 Å². The third-order valence-electron chi connectivity index (χ3n) is 3.04. The van der Waals surface area contributed by atoms with Gasteiger partial charge in [0.15, 0.2) is 0 Å². The lowest BCUT2D eigenvalue weighted by molar-refractivity contribution is -0.120. The van der Waals surface area contributed by atoms with Crippen molar-refractivity contribution in [2.24, 2.45) is 0 Å². The van der Waals surface area contributed by atoms with E-state index in [4.69, 9.17) is 0 Å². The van der Waals surface area contributed by atoms with Gasteiger partial charge in [-0.15, -0.1) is 11.3 Å². The summed E-state index contributed by atoms with van der Waals surface area (Å²) in [4.78, 5) is 15.9. The molecule has 1 aromatic rings. The summed E-state index contributed by atoms with van der Waals surface area (Å²) in [5, 5.41) is 15.0. The van der Waals surface area contributed by atoms with Gasteiger partial charge in [0.2, 0.25) is 5.91 Å². The van der Waals surface area contributed by atoms with Gasteiger partial charge in [0, 0.05) is 11.5 Å². The first-order valence-electron chi connectivity index (χ1n) is 5.67. The van der Waals surface area contributed by atoms with Crippen LogP contribution in [0.25, 0.3) is 6.08 Å². The number of aromatic nitrogens is 1. The van der Waals surface area contributed by atoms with Gasteiger partial charge in [-0.25, -0.2) is 4.98 Å². The molecule has 1 aliphatic rings. The molecule has 1 aromatic heterocycles. The Morgan fingerprint density at radius 2 is 2.47 bits per heavy atom. The first kappa shape index (κ1) is 12.3. The minimum absolute atomic E-state index is 0.0163. The lowest BCUT2D eigenvalue weighted by Gasteiger charge is -2.40. The topological polar surface area (TPSA) is 62.2 Å². The highest BCUT2D eigenvalue weighted by atomic mass is 32.1. The summed E-state index contributed by atoms with van der Waals surface area (Å²) >= 11 is 1.56. The molecule has 0 bridgehead atoms. The van der Waals surface area contributed by atoms with E-state index < -0.39 is 0 Å². The molecule has 4 nitrogen and oxygen atoms in total. The number of nitrogens with zero attached hydrogens (tertiary/aromatic N) is 1. The van der Waals surface area contributed by atoms with Gasteiger partial charge >= 0.3 is 0 Å². The van der Waals surface area contributed by atoms with Gasteiger partial charge < -0.3 is 10.4 Å². The molecule has 1 fully saturated rings. The van der Waals surface area contributed by atoms with Crippen LogP contribution < -0.4 is 5.32 Å². The third kappa shape index (κ3) is 2.92. The fourth-order valence-electron chi connectivity index (χ4n) is 1.85. The van der Waals surface area contributed by atoms with E-state index >= 15 is 0 Å². The second-order valence-corrected chi connectivity index (χ2v) is 5.47. The van der Waals surface area contributed by atoms with Crippen LogP contribution in [0.2, 0.25) is 0 Å². The van der Waals surface area contributed by atoms with Crippen LogP contribution in [0.5, 0.6) is 0 Å². The SMILES string of the molecule is Cc1nc(/C=C/C(=O)NC2(CO)CCC2)cs1. The molecule has 17 heavy (non-hydrogen) atoms. The Labute approximate surface area is 104 Å². The molecule has 1 amide bonds. The van der Waals surface area contributed by atoms with Crippen molar-refractivity contribution in [1.82, 2.24) is 10.3 Å². The number of carbonyl (C=O) groups is 1. The van der Waals surface area contributed by atoms with E-state index in [1.54, 1.807) is 17.4 Å².